The fourth-order valence-electron chi connectivity index (χ4n) is 1.03. The molecule has 0 atom stereocenters. The summed E-state index contributed by atoms with van der Waals surface area (Å²) in [6, 6.07) is 10.4. The Hall–Kier alpha value is -0.981. The van der Waals surface area contributed by atoms with Gasteiger partial charge in [-0.25, -0.2) is 0 Å². The molecule has 0 radical (unpaired) electrons. The van der Waals surface area contributed by atoms with Crippen LogP contribution in [0.25, 0.3) is 0 Å². The third-order valence-electron chi connectivity index (χ3n) is 1.60. The Morgan fingerprint density at radius 3 is 2.50 bits per heavy atom. The van der Waals surface area contributed by atoms with Crippen molar-refractivity contribution in [3.05, 3.63) is 53.7 Å². The molecule has 0 unspecified atom stereocenters. The molecule has 0 fully saturated rings. The van der Waals surface area contributed by atoms with E-state index < -0.39 is 0 Å². The molecular formula is C10H9NSe. The molecule has 2 heteroatoms. The van der Waals surface area contributed by atoms with Crippen molar-refractivity contribution in [1.29, 1.82) is 0 Å². The molecular weight excluding hydrogens is 213 g/mol. The van der Waals surface area contributed by atoms with Crippen LogP contribution in [0.5, 0.6) is 0 Å². The van der Waals surface area contributed by atoms with Crippen LogP contribution in [0, 0.1) is 0 Å². The minimum atomic E-state index is 0.441. The first-order chi connectivity index (χ1) is 5.97. The van der Waals surface area contributed by atoms with Crippen LogP contribution in [-0.2, 0) is 0 Å². The minimum absolute atomic E-state index is 0.441. The van der Waals surface area contributed by atoms with Crippen molar-refractivity contribution in [2.75, 3.05) is 3.92 Å². The molecule has 0 spiro atoms. The van der Waals surface area contributed by atoms with Crippen LogP contribution in [0.1, 0.15) is 0 Å². The monoisotopic (exact) mass is 223 g/mol. The van der Waals surface area contributed by atoms with Crippen molar-refractivity contribution >= 4 is 20.9 Å². The second-order valence-corrected chi connectivity index (χ2v) is 4.28. The van der Waals surface area contributed by atoms with Gasteiger partial charge in [0.1, 0.15) is 0 Å². The van der Waals surface area contributed by atoms with E-state index in [1.54, 1.807) is 0 Å². The molecule has 12 heavy (non-hydrogen) atoms. The first-order valence-corrected chi connectivity index (χ1v) is 5.57. The average molecular weight is 222 g/mol. The Kier molecular flexibility index (Phi) is 2.31. The van der Waals surface area contributed by atoms with E-state index in [9.17, 15) is 0 Å². The molecule has 1 heterocycles. The van der Waals surface area contributed by atoms with Crippen LogP contribution in [0.3, 0.4) is 0 Å². The van der Waals surface area contributed by atoms with Gasteiger partial charge in [0.05, 0.1) is 0 Å². The van der Waals surface area contributed by atoms with Crippen LogP contribution >= 0.6 is 0 Å². The third-order valence-corrected chi connectivity index (χ3v) is 3.36. The zero-order chi connectivity index (χ0) is 8.23. The quantitative estimate of drug-likeness (QED) is 0.658. The van der Waals surface area contributed by atoms with E-state index in [4.69, 9.17) is 0 Å². The van der Waals surface area contributed by atoms with E-state index in [-0.39, 0.29) is 0 Å². The van der Waals surface area contributed by atoms with Crippen molar-refractivity contribution in [3.8, 4) is 0 Å². The Morgan fingerprint density at radius 2 is 1.83 bits per heavy atom. The van der Waals surface area contributed by atoms with Crippen molar-refractivity contribution in [1.82, 2.24) is 0 Å². The summed E-state index contributed by atoms with van der Waals surface area (Å²) in [4.78, 5) is 2.21. The SMILES string of the molecule is C1=C[Se]N(c2ccccc2)C=C1. The van der Waals surface area contributed by atoms with Gasteiger partial charge in [-0.1, -0.05) is 0 Å². The third kappa shape index (κ3) is 1.60. The number of hydrogen-bond acceptors (Lipinski definition) is 1. The fraction of sp³-hybridized carbons (Fsp3) is 0. The van der Waals surface area contributed by atoms with Gasteiger partial charge in [-0.05, 0) is 0 Å². The molecule has 1 nitrogen and oxygen atoms in total. The van der Waals surface area contributed by atoms with E-state index in [2.05, 4.69) is 51.5 Å². The number of nitrogens with zero attached hydrogens (tertiary/aromatic N) is 1. The Balaban J connectivity index is 2.21. The number of anilines is 1. The molecule has 1 aliphatic heterocycles. The topological polar surface area (TPSA) is 3.24 Å². The molecule has 0 aliphatic carbocycles. The van der Waals surface area contributed by atoms with Gasteiger partial charge in [0.25, 0.3) is 0 Å². The molecule has 0 amide bonds. The summed E-state index contributed by atoms with van der Waals surface area (Å²) < 4.78 is 2.27. The number of para-hydroxylation sites is 1. The summed E-state index contributed by atoms with van der Waals surface area (Å²) >= 11 is 0.441. The Labute approximate surface area is 78.8 Å². The molecule has 0 aromatic heterocycles. The van der Waals surface area contributed by atoms with Crippen LogP contribution in [-0.4, -0.2) is 15.2 Å². The molecule has 0 bridgehead atoms. The van der Waals surface area contributed by atoms with Crippen molar-refractivity contribution in [2.45, 2.75) is 0 Å². The summed E-state index contributed by atoms with van der Waals surface area (Å²) in [5.41, 5.74) is 1.28. The van der Waals surface area contributed by atoms with Crippen molar-refractivity contribution < 1.29 is 0 Å². The molecule has 1 aliphatic rings. The van der Waals surface area contributed by atoms with Gasteiger partial charge in [0.15, 0.2) is 0 Å². The van der Waals surface area contributed by atoms with Crippen LogP contribution in [0.4, 0.5) is 5.69 Å². The van der Waals surface area contributed by atoms with Gasteiger partial charge in [-0.15, -0.1) is 0 Å². The Morgan fingerprint density at radius 1 is 1.00 bits per heavy atom. The van der Waals surface area contributed by atoms with Gasteiger partial charge in [-0.3, -0.25) is 0 Å². The fourth-order valence-corrected chi connectivity index (χ4v) is 2.45. The van der Waals surface area contributed by atoms with Crippen LogP contribution < -0.4 is 3.92 Å². The number of hydrogen-bond donors (Lipinski definition) is 0. The van der Waals surface area contributed by atoms with Crippen molar-refractivity contribution in [2.24, 2.45) is 0 Å². The second kappa shape index (κ2) is 3.61. The number of benzene rings is 1. The van der Waals surface area contributed by atoms with Gasteiger partial charge in [-0.2, -0.15) is 0 Å². The second-order valence-electron chi connectivity index (χ2n) is 2.44. The van der Waals surface area contributed by atoms with Crippen molar-refractivity contribution in [3.63, 3.8) is 0 Å². The predicted molar refractivity (Wildman–Crippen MR) is 53.0 cm³/mol. The summed E-state index contributed by atoms with van der Waals surface area (Å²) in [5, 5.41) is 0. The van der Waals surface area contributed by atoms with Crippen LogP contribution in [0.2, 0.25) is 0 Å². The first kappa shape index (κ1) is 7.66. The standard InChI is InChI=1S/C10H9NSe/c1-2-6-10(7-3-1)11-8-4-5-9-12-11/h1-9H. The maximum atomic E-state index is 2.27. The summed E-state index contributed by atoms with van der Waals surface area (Å²) in [7, 11) is 0. The van der Waals surface area contributed by atoms with E-state index in [0.29, 0.717) is 15.2 Å². The molecule has 0 N–H and O–H groups in total. The summed E-state index contributed by atoms with van der Waals surface area (Å²) in [6.07, 6.45) is 6.28. The zero-order valence-corrected chi connectivity index (χ0v) is 8.26. The normalized spacial score (nSPS) is 15.2. The molecule has 60 valence electrons. The first-order valence-electron chi connectivity index (χ1n) is 3.81. The summed E-state index contributed by atoms with van der Waals surface area (Å²) in [5.74, 6) is 0. The molecule has 2 rings (SSSR count). The molecule has 1 aromatic carbocycles. The number of rotatable bonds is 1. The van der Waals surface area contributed by atoms with Gasteiger partial charge < -0.3 is 0 Å². The summed E-state index contributed by atoms with van der Waals surface area (Å²) in [6.45, 7) is 0. The van der Waals surface area contributed by atoms with E-state index in [1.807, 2.05) is 6.07 Å². The van der Waals surface area contributed by atoms with Gasteiger partial charge in [0.2, 0.25) is 0 Å². The van der Waals surface area contributed by atoms with Gasteiger partial charge >= 0.3 is 78.4 Å². The zero-order valence-electron chi connectivity index (χ0n) is 6.55. The van der Waals surface area contributed by atoms with E-state index in [1.165, 1.54) is 5.69 Å². The van der Waals surface area contributed by atoms with E-state index >= 15 is 0 Å². The Bertz CT molecular complexity index is 303. The molecule has 0 saturated carbocycles. The molecule has 0 saturated heterocycles. The van der Waals surface area contributed by atoms with Crippen LogP contribution in [0.15, 0.2) is 53.7 Å². The number of allylic oxidation sites excluding steroid dienone is 2. The molecule has 1 aromatic rings. The van der Waals surface area contributed by atoms with E-state index in [0.717, 1.165) is 0 Å². The maximum absolute atomic E-state index is 2.27. The van der Waals surface area contributed by atoms with Gasteiger partial charge in [0, 0.05) is 0 Å². The average Bonchev–Trinajstić information content (AvgIpc) is 2.21. The predicted octanol–water partition coefficient (Wildman–Crippen LogP) is 2.15.